The first-order chi connectivity index (χ1) is 12.6. The molecule has 1 saturated heterocycles. The van der Waals surface area contributed by atoms with Crippen molar-refractivity contribution < 1.29 is 9.13 Å². The molecule has 0 amide bonds. The first kappa shape index (κ1) is 15.6. The largest absolute Gasteiger partial charge is 0.467 e. The fraction of sp³-hybridized carbons (Fsp3) is 0.190. The summed E-state index contributed by atoms with van der Waals surface area (Å²) in [5.74, 6) is 0.503. The highest BCUT2D eigenvalue weighted by atomic mass is 32.1. The van der Waals surface area contributed by atoms with Crippen LogP contribution in [-0.4, -0.2) is 10.8 Å². The van der Waals surface area contributed by atoms with E-state index in [9.17, 15) is 4.39 Å². The second-order valence-corrected chi connectivity index (χ2v) is 7.36. The van der Waals surface area contributed by atoms with Gasteiger partial charge in [0.05, 0.1) is 11.7 Å². The third kappa shape index (κ3) is 2.13. The fourth-order valence-corrected chi connectivity index (χ4v) is 4.60. The Balaban J connectivity index is 1.68. The first-order valence-corrected chi connectivity index (χ1v) is 9.03. The lowest BCUT2D eigenvalue weighted by molar-refractivity contribution is 0.0500. The highest BCUT2D eigenvalue weighted by Gasteiger charge is 2.49. The zero-order valence-corrected chi connectivity index (χ0v) is 15.0. The molecule has 0 aromatic heterocycles. The molecule has 130 valence electrons. The monoisotopic (exact) mass is 364 g/mol. The van der Waals surface area contributed by atoms with Gasteiger partial charge < -0.3 is 10.1 Å². The average Bonchev–Trinajstić information content (AvgIpc) is 2.62. The number of ether oxygens (including phenoxy) is 1. The molecule has 0 radical (unpaired) electrons. The molecular formula is C21H17FN2OS. The summed E-state index contributed by atoms with van der Waals surface area (Å²) in [4.78, 5) is 1.76. The summed E-state index contributed by atoms with van der Waals surface area (Å²) in [7, 11) is 0. The van der Waals surface area contributed by atoms with E-state index in [1.54, 1.807) is 23.1 Å². The minimum atomic E-state index is -0.745. The number of fused-ring (bicyclic) bond motifs is 6. The van der Waals surface area contributed by atoms with Crippen LogP contribution in [0.4, 0.5) is 10.1 Å². The summed E-state index contributed by atoms with van der Waals surface area (Å²) in [5.41, 5.74) is 0.802. The van der Waals surface area contributed by atoms with Crippen LogP contribution in [0.5, 0.6) is 5.75 Å². The number of hydrogen-bond donors (Lipinski definition) is 1. The van der Waals surface area contributed by atoms with E-state index in [-0.39, 0.29) is 11.9 Å². The number of rotatable bonds is 1. The maximum absolute atomic E-state index is 14.5. The molecule has 2 aliphatic heterocycles. The van der Waals surface area contributed by atoms with Crippen LogP contribution < -0.4 is 15.0 Å². The number of benzene rings is 3. The fourth-order valence-electron chi connectivity index (χ4n) is 4.17. The summed E-state index contributed by atoms with van der Waals surface area (Å²) < 4.78 is 20.9. The predicted octanol–water partition coefficient (Wildman–Crippen LogP) is 4.91. The molecule has 2 unspecified atom stereocenters. The van der Waals surface area contributed by atoms with Crippen LogP contribution in [-0.2, 0) is 0 Å². The molecule has 0 aliphatic carbocycles. The number of para-hydroxylation sites is 1. The molecule has 3 aromatic carbocycles. The van der Waals surface area contributed by atoms with Gasteiger partial charge in [0.2, 0.25) is 0 Å². The van der Waals surface area contributed by atoms with E-state index >= 15 is 0 Å². The Morgan fingerprint density at radius 2 is 1.88 bits per heavy atom. The molecule has 2 aliphatic rings. The second-order valence-electron chi connectivity index (χ2n) is 6.97. The molecule has 3 nitrogen and oxygen atoms in total. The van der Waals surface area contributed by atoms with Crippen molar-refractivity contribution in [2.45, 2.75) is 25.1 Å². The Kier molecular flexibility index (Phi) is 3.25. The Hall–Kier alpha value is -2.66. The lowest BCUT2D eigenvalue weighted by Crippen LogP contribution is -2.65. The second kappa shape index (κ2) is 5.42. The third-order valence-electron chi connectivity index (χ3n) is 5.26. The van der Waals surface area contributed by atoms with Crippen molar-refractivity contribution in [2.24, 2.45) is 0 Å². The van der Waals surface area contributed by atoms with E-state index in [2.05, 4.69) is 23.5 Å². The third-order valence-corrected chi connectivity index (χ3v) is 5.56. The smallest absolute Gasteiger partial charge is 0.188 e. The molecule has 2 heterocycles. The number of anilines is 1. The Morgan fingerprint density at radius 1 is 1.12 bits per heavy atom. The number of nitrogens with zero attached hydrogens (tertiary/aromatic N) is 1. The highest BCUT2D eigenvalue weighted by Crippen LogP contribution is 2.48. The van der Waals surface area contributed by atoms with Crippen molar-refractivity contribution >= 4 is 33.8 Å². The molecule has 1 N–H and O–H groups in total. The van der Waals surface area contributed by atoms with Gasteiger partial charge in [-0.25, -0.2) is 4.39 Å². The lowest BCUT2D eigenvalue weighted by Gasteiger charge is -2.52. The minimum Gasteiger partial charge on any atom is -0.467 e. The van der Waals surface area contributed by atoms with Crippen LogP contribution in [0.2, 0.25) is 0 Å². The van der Waals surface area contributed by atoms with E-state index in [1.165, 1.54) is 11.5 Å². The highest BCUT2D eigenvalue weighted by molar-refractivity contribution is 7.80. The summed E-state index contributed by atoms with van der Waals surface area (Å²) >= 11 is 5.61. The Morgan fingerprint density at radius 3 is 2.73 bits per heavy atom. The standard InChI is InChI=1S/C21H17FN2OS/c1-21-12-16(23-20(26)24(21)17-9-5-4-8-15(17)22)19-14-7-3-2-6-13(14)10-11-18(19)25-21/h2-11,16H,12H2,1H3,(H,23,26). The van der Waals surface area contributed by atoms with Crippen molar-refractivity contribution in [3.8, 4) is 5.75 Å². The molecule has 1 fully saturated rings. The van der Waals surface area contributed by atoms with Crippen molar-refractivity contribution in [3.63, 3.8) is 0 Å². The van der Waals surface area contributed by atoms with Crippen molar-refractivity contribution in [1.29, 1.82) is 0 Å². The van der Waals surface area contributed by atoms with Gasteiger partial charge >= 0.3 is 0 Å². The van der Waals surface area contributed by atoms with Gasteiger partial charge in [0, 0.05) is 12.0 Å². The van der Waals surface area contributed by atoms with Gasteiger partial charge in [-0.15, -0.1) is 0 Å². The van der Waals surface area contributed by atoms with Gasteiger partial charge in [-0.2, -0.15) is 0 Å². The zero-order chi connectivity index (χ0) is 17.9. The first-order valence-electron chi connectivity index (χ1n) is 8.63. The SMILES string of the molecule is CC12CC(NC(=S)N1c1ccccc1F)c1c(ccc3ccccc13)O2. The minimum absolute atomic E-state index is 0.0328. The quantitative estimate of drug-likeness (QED) is 0.620. The van der Waals surface area contributed by atoms with Crippen molar-refractivity contribution in [2.75, 3.05) is 4.90 Å². The molecule has 26 heavy (non-hydrogen) atoms. The number of thiocarbonyl (C=S) groups is 1. The normalized spacial score (nSPS) is 24.0. The van der Waals surface area contributed by atoms with Gasteiger partial charge in [-0.05, 0) is 48.1 Å². The summed E-state index contributed by atoms with van der Waals surface area (Å²) in [5, 5.41) is 6.21. The summed E-state index contributed by atoms with van der Waals surface area (Å²) in [6, 6.07) is 19.0. The van der Waals surface area contributed by atoms with E-state index < -0.39 is 5.72 Å². The van der Waals surface area contributed by atoms with Gasteiger partial charge in [0.15, 0.2) is 10.8 Å². The molecule has 2 atom stereocenters. The van der Waals surface area contributed by atoms with Crippen LogP contribution in [0.25, 0.3) is 10.8 Å². The summed E-state index contributed by atoms with van der Waals surface area (Å²) in [6.07, 6.45) is 0.669. The van der Waals surface area contributed by atoms with E-state index in [0.29, 0.717) is 17.2 Å². The van der Waals surface area contributed by atoms with Gasteiger partial charge in [0.1, 0.15) is 11.6 Å². The Labute approximate surface area is 156 Å². The van der Waals surface area contributed by atoms with Gasteiger partial charge in [-0.1, -0.05) is 42.5 Å². The van der Waals surface area contributed by atoms with Crippen LogP contribution in [0.15, 0.2) is 60.7 Å². The molecule has 2 bridgehead atoms. The summed E-state index contributed by atoms with van der Waals surface area (Å²) in [6.45, 7) is 1.97. The topological polar surface area (TPSA) is 24.5 Å². The van der Waals surface area contributed by atoms with Crippen LogP contribution in [0, 0.1) is 5.82 Å². The van der Waals surface area contributed by atoms with Crippen LogP contribution >= 0.6 is 12.2 Å². The van der Waals surface area contributed by atoms with E-state index in [4.69, 9.17) is 17.0 Å². The van der Waals surface area contributed by atoms with Gasteiger partial charge in [0.25, 0.3) is 0 Å². The predicted molar refractivity (Wildman–Crippen MR) is 105 cm³/mol. The maximum Gasteiger partial charge on any atom is 0.188 e. The number of nitrogens with one attached hydrogen (secondary N) is 1. The van der Waals surface area contributed by atoms with Crippen LogP contribution in [0.1, 0.15) is 24.9 Å². The van der Waals surface area contributed by atoms with Crippen molar-refractivity contribution in [1.82, 2.24) is 5.32 Å². The zero-order valence-electron chi connectivity index (χ0n) is 14.2. The maximum atomic E-state index is 14.5. The number of halogens is 1. The Bertz CT molecular complexity index is 1050. The van der Waals surface area contributed by atoms with E-state index in [0.717, 1.165) is 16.7 Å². The van der Waals surface area contributed by atoms with Gasteiger partial charge in [-0.3, -0.25) is 4.90 Å². The van der Waals surface area contributed by atoms with Crippen LogP contribution in [0.3, 0.4) is 0 Å². The molecule has 5 rings (SSSR count). The molecule has 0 saturated carbocycles. The molecular weight excluding hydrogens is 347 g/mol. The van der Waals surface area contributed by atoms with E-state index in [1.807, 2.05) is 25.1 Å². The molecule has 3 aromatic rings. The lowest BCUT2D eigenvalue weighted by atomic mass is 9.87. The van der Waals surface area contributed by atoms with Crippen molar-refractivity contribution in [3.05, 3.63) is 72.0 Å². The number of hydrogen-bond acceptors (Lipinski definition) is 2. The average molecular weight is 364 g/mol. The molecule has 0 spiro atoms. The molecule has 5 heteroatoms.